The molecule has 0 atom stereocenters. The molecule has 178 valence electrons. The fourth-order valence-corrected chi connectivity index (χ4v) is 4.35. The van der Waals surface area contributed by atoms with Gasteiger partial charge in [-0.1, -0.05) is 45.2 Å². The molecule has 4 rings (SSSR count). The monoisotopic (exact) mass is 552 g/mol. The molecule has 0 saturated carbocycles. The molecule has 3 amide bonds. The van der Waals surface area contributed by atoms with Gasteiger partial charge in [0.1, 0.15) is 5.69 Å². The van der Waals surface area contributed by atoms with Gasteiger partial charge in [0.05, 0.1) is 5.52 Å². The van der Waals surface area contributed by atoms with Crippen molar-refractivity contribution in [2.75, 3.05) is 16.1 Å². The van der Waals surface area contributed by atoms with Crippen molar-refractivity contribution in [3.8, 4) is 0 Å². The maximum atomic E-state index is 13.1. The van der Waals surface area contributed by atoms with Crippen molar-refractivity contribution in [3.05, 3.63) is 92.5 Å². The molecule has 9 heteroatoms. The van der Waals surface area contributed by atoms with Crippen LogP contribution in [0.3, 0.4) is 0 Å². The van der Waals surface area contributed by atoms with Crippen molar-refractivity contribution < 1.29 is 14.4 Å². The molecular weight excluding hydrogens is 532 g/mol. The van der Waals surface area contributed by atoms with Gasteiger partial charge >= 0.3 is 11.8 Å². The number of halogens is 2. The van der Waals surface area contributed by atoms with Crippen LogP contribution in [-0.4, -0.2) is 22.4 Å². The highest BCUT2D eigenvalue weighted by molar-refractivity contribution is 9.10. The molecule has 0 spiro atoms. The fraction of sp³-hybridized carbons (Fsp3) is 0.115. The van der Waals surface area contributed by atoms with Crippen LogP contribution < -0.4 is 16.1 Å². The average Bonchev–Trinajstić information content (AvgIpc) is 3.14. The van der Waals surface area contributed by atoms with E-state index in [1.54, 1.807) is 48.5 Å². The quantitative estimate of drug-likeness (QED) is 0.273. The van der Waals surface area contributed by atoms with E-state index in [-0.39, 0.29) is 5.69 Å². The van der Waals surface area contributed by atoms with Gasteiger partial charge in [-0.05, 0) is 80.4 Å². The minimum atomic E-state index is -0.922. The summed E-state index contributed by atoms with van der Waals surface area (Å²) >= 11 is 9.49. The van der Waals surface area contributed by atoms with E-state index in [9.17, 15) is 14.4 Å². The minimum Gasteiger partial charge on any atom is -0.321 e. The standard InChI is InChI=1S/C26H22BrClN4O3/c1-14-10-15(2)23(16(3)11-14)30-25(34)26(35)31-32-21-9-6-19(28)12-17(21)13-22(32)24(33)29-20-7-4-18(27)5-8-20/h4-13H,1-3H3,(H,29,33)(H,30,34)(H,31,35). The van der Waals surface area contributed by atoms with Gasteiger partial charge in [0.15, 0.2) is 0 Å². The van der Waals surface area contributed by atoms with E-state index in [2.05, 4.69) is 32.0 Å². The van der Waals surface area contributed by atoms with E-state index >= 15 is 0 Å². The smallest absolute Gasteiger partial charge is 0.321 e. The molecule has 3 N–H and O–H groups in total. The summed E-state index contributed by atoms with van der Waals surface area (Å²) in [4.78, 5) is 38.7. The van der Waals surface area contributed by atoms with Crippen LogP contribution in [0, 0.1) is 20.8 Å². The summed E-state index contributed by atoms with van der Waals surface area (Å²) < 4.78 is 2.16. The number of fused-ring (bicyclic) bond motifs is 1. The number of nitrogens with one attached hydrogen (secondary N) is 3. The predicted octanol–water partition coefficient (Wildman–Crippen LogP) is 5.94. The molecule has 0 saturated heterocycles. The van der Waals surface area contributed by atoms with Crippen LogP contribution >= 0.6 is 27.5 Å². The van der Waals surface area contributed by atoms with Crippen LogP contribution in [0.2, 0.25) is 5.02 Å². The third kappa shape index (κ3) is 5.39. The van der Waals surface area contributed by atoms with Crippen LogP contribution in [0.15, 0.2) is 65.1 Å². The number of rotatable bonds is 4. The van der Waals surface area contributed by atoms with Gasteiger partial charge in [0.25, 0.3) is 5.91 Å². The summed E-state index contributed by atoms with van der Waals surface area (Å²) in [5.74, 6) is -2.24. The highest BCUT2D eigenvalue weighted by Crippen LogP contribution is 2.25. The van der Waals surface area contributed by atoms with Gasteiger partial charge in [-0.2, -0.15) is 0 Å². The number of hydrogen-bond acceptors (Lipinski definition) is 3. The second-order valence-corrected chi connectivity index (χ2v) is 9.55. The Morgan fingerprint density at radius 3 is 2.14 bits per heavy atom. The molecule has 1 heterocycles. The minimum absolute atomic E-state index is 0.133. The number of benzene rings is 3. The first kappa shape index (κ1) is 24.5. The maximum Gasteiger partial charge on any atom is 0.328 e. The fourth-order valence-electron chi connectivity index (χ4n) is 3.90. The molecule has 0 fully saturated rings. The normalized spacial score (nSPS) is 10.8. The molecule has 4 aromatic rings. The van der Waals surface area contributed by atoms with Gasteiger partial charge in [0.2, 0.25) is 0 Å². The predicted molar refractivity (Wildman–Crippen MR) is 143 cm³/mol. The summed E-state index contributed by atoms with van der Waals surface area (Å²) in [6.07, 6.45) is 0. The molecule has 0 bridgehead atoms. The van der Waals surface area contributed by atoms with E-state index < -0.39 is 17.7 Å². The molecule has 0 unspecified atom stereocenters. The zero-order chi connectivity index (χ0) is 25.3. The Morgan fingerprint density at radius 2 is 1.49 bits per heavy atom. The van der Waals surface area contributed by atoms with Gasteiger partial charge in [0, 0.05) is 26.3 Å². The lowest BCUT2D eigenvalue weighted by Gasteiger charge is -2.15. The van der Waals surface area contributed by atoms with E-state index in [0.29, 0.717) is 27.3 Å². The SMILES string of the molecule is Cc1cc(C)c(NC(=O)C(=O)Nn2c(C(=O)Nc3ccc(Br)cc3)cc3cc(Cl)ccc32)c(C)c1. The van der Waals surface area contributed by atoms with Gasteiger partial charge < -0.3 is 10.6 Å². The van der Waals surface area contributed by atoms with Crippen molar-refractivity contribution in [1.82, 2.24) is 4.68 Å². The van der Waals surface area contributed by atoms with Gasteiger partial charge in [-0.15, -0.1) is 0 Å². The third-order valence-electron chi connectivity index (χ3n) is 5.43. The maximum absolute atomic E-state index is 13.1. The Labute approximate surface area is 215 Å². The second kappa shape index (κ2) is 9.93. The lowest BCUT2D eigenvalue weighted by Crippen LogP contribution is -2.36. The van der Waals surface area contributed by atoms with E-state index in [1.807, 2.05) is 32.9 Å². The first-order valence-corrected chi connectivity index (χ1v) is 11.9. The van der Waals surface area contributed by atoms with Crippen LogP contribution in [0.1, 0.15) is 27.2 Å². The third-order valence-corrected chi connectivity index (χ3v) is 6.20. The van der Waals surface area contributed by atoms with Crippen molar-refractivity contribution in [2.24, 2.45) is 0 Å². The molecular formula is C26H22BrClN4O3. The van der Waals surface area contributed by atoms with Crippen LogP contribution in [0.25, 0.3) is 10.9 Å². The number of nitrogens with zero attached hydrogens (tertiary/aromatic N) is 1. The lowest BCUT2D eigenvalue weighted by molar-refractivity contribution is -0.133. The van der Waals surface area contributed by atoms with E-state index in [1.165, 1.54) is 4.68 Å². The van der Waals surface area contributed by atoms with Crippen LogP contribution in [0.5, 0.6) is 0 Å². The number of aromatic nitrogens is 1. The number of anilines is 2. The summed E-state index contributed by atoms with van der Waals surface area (Å²) in [5.41, 5.74) is 7.10. The number of hydrogen-bond donors (Lipinski definition) is 3. The molecule has 3 aromatic carbocycles. The molecule has 0 aliphatic carbocycles. The van der Waals surface area contributed by atoms with Gasteiger partial charge in [-0.3, -0.25) is 19.8 Å². The average molecular weight is 554 g/mol. The number of carbonyl (C=O) groups excluding carboxylic acids is 3. The van der Waals surface area contributed by atoms with Crippen LogP contribution in [-0.2, 0) is 9.59 Å². The van der Waals surface area contributed by atoms with E-state index in [0.717, 1.165) is 21.2 Å². The number of amides is 3. The summed E-state index contributed by atoms with van der Waals surface area (Å²) in [6.45, 7) is 5.69. The zero-order valence-electron chi connectivity index (χ0n) is 19.2. The van der Waals surface area contributed by atoms with Gasteiger partial charge in [-0.25, -0.2) is 4.68 Å². The number of aryl methyl sites for hydroxylation is 3. The Morgan fingerprint density at radius 1 is 0.829 bits per heavy atom. The summed E-state index contributed by atoms with van der Waals surface area (Å²) in [7, 11) is 0. The van der Waals surface area contributed by atoms with Crippen LogP contribution in [0.4, 0.5) is 11.4 Å². The number of carbonyl (C=O) groups is 3. The topological polar surface area (TPSA) is 92.2 Å². The second-order valence-electron chi connectivity index (χ2n) is 8.20. The van der Waals surface area contributed by atoms with Crippen molar-refractivity contribution in [2.45, 2.75) is 20.8 Å². The molecule has 0 radical (unpaired) electrons. The van der Waals surface area contributed by atoms with Crippen molar-refractivity contribution in [3.63, 3.8) is 0 Å². The Kier molecular flexibility index (Phi) is 6.95. The Bertz CT molecular complexity index is 1460. The summed E-state index contributed by atoms with van der Waals surface area (Å²) in [5, 5.41) is 6.58. The Hall–Kier alpha value is -3.62. The largest absolute Gasteiger partial charge is 0.328 e. The lowest BCUT2D eigenvalue weighted by atomic mass is 10.1. The molecule has 1 aromatic heterocycles. The summed E-state index contributed by atoms with van der Waals surface area (Å²) in [6, 6.07) is 17.5. The molecule has 0 aliphatic rings. The zero-order valence-corrected chi connectivity index (χ0v) is 21.5. The molecule has 7 nitrogen and oxygen atoms in total. The van der Waals surface area contributed by atoms with Crippen molar-refractivity contribution in [1.29, 1.82) is 0 Å². The first-order chi connectivity index (χ1) is 16.6. The Balaban J connectivity index is 1.63. The van der Waals surface area contributed by atoms with E-state index in [4.69, 9.17) is 11.6 Å². The van der Waals surface area contributed by atoms with Crippen molar-refractivity contribution >= 4 is 67.5 Å². The highest BCUT2D eigenvalue weighted by Gasteiger charge is 2.22. The molecule has 0 aliphatic heterocycles. The first-order valence-electron chi connectivity index (χ1n) is 10.7. The molecule has 35 heavy (non-hydrogen) atoms. The highest BCUT2D eigenvalue weighted by atomic mass is 79.9.